The van der Waals surface area contributed by atoms with Crippen molar-refractivity contribution in [2.24, 2.45) is 5.41 Å². The maximum Gasteiger partial charge on any atom is 0.399 e. The lowest BCUT2D eigenvalue weighted by atomic mass is 9.89. The van der Waals surface area contributed by atoms with Gasteiger partial charge in [0.15, 0.2) is 6.79 Å². The van der Waals surface area contributed by atoms with Gasteiger partial charge in [0.1, 0.15) is 6.73 Å². The summed E-state index contributed by atoms with van der Waals surface area (Å²) < 4.78 is 36.9. The summed E-state index contributed by atoms with van der Waals surface area (Å²) in [4.78, 5) is 11.5. The summed E-state index contributed by atoms with van der Waals surface area (Å²) in [5.74, 6) is -0.207. The SMILES string of the molecule is CCC(C)(C)C(=O)NCOCOS(=O)(=O)O. The third-order valence-corrected chi connectivity index (χ3v) is 2.51. The molecule has 0 bridgehead atoms. The molecule has 0 aliphatic carbocycles. The van der Waals surface area contributed by atoms with Gasteiger partial charge in [0.2, 0.25) is 5.91 Å². The molecule has 2 N–H and O–H groups in total. The highest BCUT2D eigenvalue weighted by Crippen LogP contribution is 2.18. The predicted octanol–water partition coefficient (Wildman–Crippen LogP) is 0.290. The molecule has 16 heavy (non-hydrogen) atoms. The first-order valence-electron chi connectivity index (χ1n) is 4.67. The normalized spacial score (nSPS) is 12.5. The van der Waals surface area contributed by atoms with Crippen molar-refractivity contribution < 1.29 is 26.7 Å². The second kappa shape index (κ2) is 6.14. The van der Waals surface area contributed by atoms with E-state index in [4.69, 9.17) is 4.55 Å². The van der Waals surface area contributed by atoms with Crippen molar-refractivity contribution in [3.05, 3.63) is 0 Å². The van der Waals surface area contributed by atoms with Gasteiger partial charge in [-0.2, -0.15) is 8.42 Å². The largest absolute Gasteiger partial charge is 0.399 e. The average molecular weight is 255 g/mol. The Balaban J connectivity index is 3.72. The topological polar surface area (TPSA) is 102 Å². The lowest BCUT2D eigenvalue weighted by Gasteiger charge is -2.21. The van der Waals surface area contributed by atoms with Crippen LogP contribution in [0.5, 0.6) is 0 Å². The lowest BCUT2D eigenvalue weighted by molar-refractivity contribution is -0.132. The monoisotopic (exact) mass is 255 g/mol. The Morgan fingerprint density at radius 2 is 2.00 bits per heavy atom. The molecule has 7 nitrogen and oxygen atoms in total. The summed E-state index contributed by atoms with van der Waals surface area (Å²) >= 11 is 0. The number of amides is 1. The van der Waals surface area contributed by atoms with Crippen LogP contribution < -0.4 is 5.32 Å². The fourth-order valence-corrected chi connectivity index (χ4v) is 0.843. The first-order valence-corrected chi connectivity index (χ1v) is 6.03. The smallest absolute Gasteiger partial charge is 0.334 e. The Morgan fingerprint density at radius 3 is 2.44 bits per heavy atom. The van der Waals surface area contributed by atoms with Crippen molar-refractivity contribution >= 4 is 16.3 Å². The fourth-order valence-electron chi connectivity index (χ4n) is 0.653. The number of rotatable bonds is 7. The maximum atomic E-state index is 11.5. The maximum absolute atomic E-state index is 11.5. The zero-order valence-electron chi connectivity index (χ0n) is 9.52. The van der Waals surface area contributed by atoms with Crippen LogP contribution in [0.25, 0.3) is 0 Å². The van der Waals surface area contributed by atoms with Crippen molar-refractivity contribution in [2.75, 3.05) is 13.5 Å². The Labute approximate surface area is 95.1 Å². The van der Waals surface area contributed by atoms with Crippen LogP contribution in [0.2, 0.25) is 0 Å². The van der Waals surface area contributed by atoms with Crippen molar-refractivity contribution in [1.29, 1.82) is 0 Å². The number of nitrogens with one attached hydrogen (secondary N) is 1. The Hall–Kier alpha value is -0.700. The highest BCUT2D eigenvalue weighted by Gasteiger charge is 2.24. The van der Waals surface area contributed by atoms with Crippen LogP contribution in [0.15, 0.2) is 0 Å². The highest BCUT2D eigenvalue weighted by molar-refractivity contribution is 7.80. The third kappa shape index (κ3) is 6.72. The molecular formula is C8H17NO6S. The molecule has 0 spiro atoms. The van der Waals surface area contributed by atoms with Gasteiger partial charge in [0, 0.05) is 5.41 Å². The molecule has 0 unspecified atom stereocenters. The minimum Gasteiger partial charge on any atom is -0.334 e. The molecule has 8 heteroatoms. The molecular weight excluding hydrogens is 238 g/mol. The van der Waals surface area contributed by atoms with Gasteiger partial charge in [0.25, 0.3) is 0 Å². The van der Waals surface area contributed by atoms with Gasteiger partial charge in [-0.3, -0.25) is 9.35 Å². The average Bonchev–Trinajstić information content (AvgIpc) is 2.15. The number of carbonyl (C=O) groups excluding carboxylic acids is 1. The minimum atomic E-state index is -4.50. The Bertz CT molecular complexity index is 323. The van der Waals surface area contributed by atoms with Gasteiger partial charge < -0.3 is 10.1 Å². The van der Waals surface area contributed by atoms with Crippen LogP contribution in [0.1, 0.15) is 27.2 Å². The summed E-state index contributed by atoms with van der Waals surface area (Å²) in [6.45, 7) is 4.60. The van der Waals surface area contributed by atoms with Gasteiger partial charge >= 0.3 is 10.4 Å². The van der Waals surface area contributed by atoms with Crippen LogP contribution in [0.3, 0.4) is 0 Å². The quantitative estimate of drug-likeness (QED) is 0.385. The second-order valence-electron chi connectivity index (χ2n) is 3.76. The molecule has 0 saturated heterocycles. The third-order valence-electron chi connectivity index (χ3n) is 2.11. The molecule has 0 aromatic rings. The molecule has 1 amide bonds. The van der Waals surface area contributed by atoms with Gasteiger partial charge in [-0.25, -0.2) is 4.18 Å². The van der Waals surface area contributed by atoms with Crippen LogP contribution in [0, 0.1) is 5.41 Å². The van der Waals surface area contributed by atoms with Crippen LogP contribution in [0.4, 0.5) is 0 Å². The first kappa shape index (κ1) is 15.3. The molecule has 0 aliphatic rings. The standard InChI is InChI=1S/C8H17NO6S/c1-4-8(2,3)7(10)9-5-14-6-15-16(11,12)13/h4-6H2,1-3H3,(H,9,10)(H,11,12,13). The number of hydrogen-bond donors (Lipinski definition) is 2. The van der Waals surface area contributed by atoms with Gasteiger partial charge in [0.05, 0.1) is 0 Å². The van der Waals surface area contributed by atoms with E-state index in [-0.39, 0.29) is 12.6 Å². The number of ether oxygens (including phenoxy) is 1. The molecule has 0 atom stereocenters. The molecule has 0 heterocycles. The van der Waals surface area contributed by atoms with Crippen molar-refractivity contribution in [3.63, 3.8) is 0 Å². The van der Waals surface area contributed by atoms with Crippen molar-refractivity contribution in [2.45, 2.75) is 27.2 Å². The summed E-state index contributed by atoms with van der Waals surface area (Å²) in [5, 5.41) is 2.44. The fraction of sp³-hybridized carbons (Fsp3) is 0.875. The summed E-state index contributed by atoms with van der Waals surface area (Å²) in [5.41, 5.74) is -0.507. The van der Waals surface area contributed by atoms with Gasteiger partial charge in [-0.05, 0) is 6.42 Å². The predicted molar refractivity (Wildman–Crippen MR) is 55.7 cm³/mol. The van der Waals surface area contributed by atoms with E-state index in [2.05, 4.69) is 14.2 Å². The molecule has 0 aromatic carbocycles. The number of carbonyl (C=O) groups is 1. The van der Waals surface area contributed by atoms with Crippen molar-refractivity contribution in [1.82, 2.24) is 5.32 Å². The molecule has 0 aliphatic heterocycles. The summed E-state index contributed by atoms with van der Waals surface area (Å²) in [7, 11) is -4.50. The number of hydrogen-bond acceptors (Lipinski definition) is 5. The molecule has 0 fully saturated rings. The minimum absolute atomic E-state index is 0.183. The molecule has 0 saturated carbocycles. The van der Waals surface area contributed by atoms with Crippen molar-refractivity contribution in [3.8, 4) is 0 Å². The Morgan fingerprint density at radius 1 is 1.44 bits per heavy atom. The van der Waals surface area contributed by atoms with Crippen LogP contribution in [-0.4, -0.2) is 32.4 Å². The van der Waals surface area contributed by atoms with E-state index >= 15 is 0 Å². The Kier molecular flexibility index (Phi) is 5.87. The van der Waals surface area contributed by atoms with E-state index in [9.17, 15) is 13.2 Å². The van der Waals surface area contributed by atoms with Gasteiger partial charge in [-0.1, -0.05) is 20.8 Å². The summed E-state index contributed by atoms with van der Waals surface area (Å²) in [6, 6.07) is 0. The zero-order chi connectivity index (χ0) is 12.8. The molecule has 0 rings (SSSR count). The van der Waals surface area contributed by atoms with E-state index in [1.54, 1.807) is 13.8 Å². The lowest BCUT2D eigenvalue weighted by Crippen LogP contribution is -2.37. The van der Waals surface area contributed by atoms with E-state index in [1.807, 2.05) is 6.92 Å². The second-order valence-corrected chi connectivity index (χ2v) is 4.85. The van der Waals surface area contributed by atoms with Gasteiger partial charge in [-0.15, -0.1) is 0 Å². The molecule has 0 radical (unpaired) electrons. The van der Waals surface area contributed by atoms with Crippen LogP contribution in [-0.2, 0) is 24.1 Å². The molecule has 0 aromatic heterocycles. The first-order chi connectivity index (χ1) is 7.19. The van der Waals surface area contributed by atoms with E-state index < -0.39 is 22.6 Å². The van der Waals surface area contributed by atoms with E-state index in [1.165, 1.54) is 0 Å². The molecule has 96 valence electrons. The van der Waals surface area contributed by atoms with Crippen LogP contribution >= 0.6 is 0 Å². The highest BCUT2D eigenvalue weighted by atomic mass is 32.3. The van der Waals surface area contributed by atoms with E-state index in [0.29, 0.717) is 6.42 Å². The summed E-state index contributed by atoms with van der Waals surface area (Å²) in [6.07, 6.45) is 0.667. The zero-order valence-corrected chi connectivity index (χ0v) is 10.3. The van der Waals surface area contributed by atoms with E-state index in [0.717, 1.165) is 0 Å².